The maximum Gasteiger partial charge on any atom is 0.255 e. The number of hydrogen-bond donors (Lipinski definition) is 2. The first-order valence-corrected chi connectivity index (χ1v) is 9.07. The highest BCUT2D eigenvalue weighted by molar-refractivity contribution is 6.09. The van der Waals surface area contributed by atoms with E-state index >= 15 is 0 Å². The van der Waals surface area contributed by atoms with Gasteiger partial charge >= 0.3 is 0 Å². The number of amides is 2. The number of nitrogens with zero attached hydrogens (tertiary/aromatic N) is 1. The SMILES string of the molecule is CC1CCN(C(=O)c2ccccc2NC(=O)c2ccc(CN)cc2)CC1. The van der Waals surface area contributed by atoms with Crippen molar-refractivity contribution in [2.45, 2.75) is 26.3 Å². The molecule has 5 nitrogen and oxygen atoms in total. The number of likely N-dealkylation sites (tertiary alicyclic amines) is 1. The molecule has 0 unspecified atom stereocenters. The summed E-state index contributed by atoms with van der Waals surface area (Å²) in [6.07, 6.45) is 2.04. The minimum absolute atomic E-state index is 0.0220. The van der Waals surface area contributed by atoms with Crippen molar-refractivity contribution < 1.29 is 9.59 Å². The molecule has 2 amide bonds. The normalized spacial score (nSPS) is 14.9. The third-order valence-electron chi connectivity index (χ3n) is 4.93. The smallest absolute Gasteiger partial charge is 0.255 e. The van der Waals surface area contributed by atoms with Gasteiger partial charge in [0.2, 0.25) is 0 Å². The number of carbonyl (C=O) groups is 2. The van der Waals surface area contributed by atoms with Crippen LogP contribution >= 0.6 is 0 Å². The van der Waals surface area contributed by atoms with Gasteiger partial charge in [-0.2, -0.15) is 0 Å². The van der Waals surface area contributed by atoms with E-state index in [-0.39, 0.29) is 11.8 Å². The van der Waals surface area contributed by atoms with Crippen LogP contribution in [0, 0.1) is 5.92 Å². The molecule has 1 aliphatic heterocycles. The first-order valence-electron chi connectivity index (χ1n) is 9.07. The van der Waals surface area contributed by atoms with Gasteiger partial charge in [-0.15, -0.1) is 0 Å². The molecule has 1 fully saturated rings. The summed E-state index contributed by atoms with van der Waals surface area (Å²) < 4.78 is 0. The lowest BCUT2D eigenvalue weighted by atomic mass is 9.98. The summed E-state index contributed by atoms with van der Waals surface area (Å²) in [4.78, 5) is 27.3. The molecule has 0 bridgehead atoms. The Hall–Kier alpha value is -2.66. The number of nitrogens with one attached hydrogen (secondary N) is 1. The van der Waals surface area contributed by atoms with E-state index in [2.05, 4.69) is 12.2 Å². The van der Waals surface area contributed by atoms with Crippen LogP contribution in [0.4, 0.5) is 5.69 Å². The molecule has 3 N–H and O–H groups in total. The molecule has 0 radical (unpaired) electrons. The molecule has 0 aliphatic carbocycles. The van der Waals surface area contributed by atoms with Crippen molar-refractivity contribution in [1.82, 2.24) is 4.90 Å². The summed E-state index contributed by atoms with van der Waals surface area (Å²) in [5.74, 6) is 0.401. The number of benzene rings is 2. The maximum absolute atomic E-state index is 12.9. The van der Waals surface area contributed by atoms with E-state index < -0.39 is 0 Å². The highest BCUT2D eigenvalue weighted by Gasteiger charge is 2.23. The Kier molecular flexibility index (Phi) is 5.68. The van der Waals surface area contributed by atoms with Crippen molar-refractivity contribution in [3.63, 3.8) is 0 Å². The minimum Gasteiger partial charge on any atom is -0.339 e. The van der Waals surface area contributed by atoms with E-state index in [1.807, 2.05) is 29.2 Å². The second-order valence-electron chi connectivity index (χ2n) is 6.88. The quantitative estimate of drug-likeness (QED) is 0.888. The molecule has 1 heterocycles. The van der Waals surface area contributed by atoms with Crippen LogP contribution < -0.4 is 11.1 Å². The standard InChI is InChI=1S/C21H25N3O2/c1-15-10-12-24(13-11-15)21(26)18-4-2-3-5-19(18)23-20(25)17-8-6-16(14-22)7-9-17/h2-9,15H,10-14,22H2,1H3,(H,23,25). The van der Waals surface area contributed by atoms with Crippen LogP contribution in [0.5, 0.6) is 0 Å². The molecule has 2 aromatic rings. The van der Waals surface area contributed by atoms with Crippen LogP contribution in [0.15, 0.2) is 48.5 Å². The fourth-order valence-corrected chi connectivity index (χ4v) is 3.15. The molecule has 0 saturated carbocycles. The fraction of sp³-hybridized carbons (Fsp3) is 0.333. The molecule has 0 atom stereocenters. The predicted octanol–water partition coefficient (Wildman–Crippen LogP) is 3.27. The molecular formula is C21H25N3O2. The van der Waals surface area contributed by atoms with Crippen LogP contribution in [-0.4, -0.2) is 29.8 Å². The van der Waals surface area contributed by atoms with Gasteiger partial charge in [0.15, 0.2) is 0 Å². The molecule has 1 saturated heterocycles. The van der Waals surface area contributed by atoms with Crippen LogP contribution in [0.3, 0.4) is 0 Å². The Balaban J connectivity index is 1.76. The monoisotopic (exact) mass is 351 g/mol. The van der Waals surface area contributed by atoms with Crippen LogP contribution in [0.2, 0.25) is 0 Å². The molecule has 5 heteroatoms. The van der Waals surface area contributed by atoms with E-state index in [4.69, 9.17) is 5.73 Å². The van der Waals surface area contributed by atoms with Crippen molar-refractivity contribution in [1.29, 1.82) is 0 Å². The van der Waals surface area contributed by atoms with Crippen LogP contribution in [-0.2, 0) is 6.54 Å². The summed E-state index contributed by atoms with van der Waals surface area (Å²) in [6, 6.07) is 14.3. The zero-order chi connectivity index (χ0) is 18.5. The molecular weight excluding hydrogens is 326 g/mol. The van der Waals surface area contributed by atoms with E-state index in [1.54, 1.807) is 24.3 Å². The fourth-order valence-electron chi connectivity index (χ4n) is 3.15. The zero-order valence-corrected chi connectivity index (χ0v) is 15.1. The van der Waals surface area contributed by atoms with Gasteiger partial charge in [0.1, 0.15) is 0 Å². The average molecular weight is 351 g/mol. The van der Waals surface area contributed by atoms with E-state index in [0.717, 1.165) is 31.5 Å². The van der Waals surface area contributed by atoms with Crippen molar-refractivity contribution >= 4 is 17.5 Å². The summed E-state index contributed by atoms with van der Waals surface area (Å²) in [5, 5.41) is 2.88. The van der Waals surface area contributed by atoms with Gasteiger partial charge in [-0.25, -0.2) is 0 Å². The lowest BCUT2D eigenvalue weighted by Gasteiger charge is -2.30. The molecule has 1 aliphatic rings. The summed E-state index contributed by atoms with van der Waals surface area (Å²) in [7, 11) is 0. The third kappa shape index (κ3) is 4.11. The van der Waals surface area contributed by atoms with Crippen molar-refractivity contribution in [3.8, 4) is 0 Å². The molecule has 0 aromatic heterocycles. The Morgan fingerprint density at radius 2 is 1.73 bits per heavy atom. The summed E-state index contributed by atoms with van der Waals surface area (Å²) in [6.45, 7) is 4.19. The van der Waals surface area contributed by atoms with Gasteiger partial charge in [-0.05, 0) is 48.6 Å². The Morgan fingerprint density at radius 3 is 2.38 bits per heavy atom. The first kappa shape index (κ1) is 18.1. The van der Waals surface area contributed by atoms with Crippen LogP contribution in [0.1, 0.15) is 46.0 Å². The topological polar surface area (TPSA) is 75.4 Å². The molecule has 2 aromatic carbocycles. The number of nitrogens with two attached hydrogens (primary N) is 1. The second kappa shape index (κ2) is 8.15. The zero-order valence-electron chi connectivity index (χ0n) is 15.1. The number of anilines is 1. The van der Waals surface area contributed by atoms with Gasteiger partial charge < -0.3 is 16.0 Å². The number of hydrogen-bond acceptors (Lipinski definition) is 3. The van der Waals surface area contributed by atoms with Crippen molar-refractivity contribution in [2.24, 2.45) is 11.7 Å². The molecule has 0 spiro atoms. The highest BCUT2D eigenvalue weighted by Crippen LogP contribution is 2.22. The first-order chi connectivity index (χ1) is 12.6. The van der Waals surface area contributed by atoms with Crippen LogP contribution in [0.25, 0.3) is 0 Å². The third-order valence-corrected chi connectivity index (χ3v) is 4.93. The summed E-state index contributed by atoms with van der Waals surface area (Å²) >= 11 is 0. The lowest BCUT2D eigenvalue weighted by Crippen LogP contribution is -2.38. The summed E-state index contributed by atoms with van der Waals surface area (Å²) in [5.41, 5.74) is 8.18. The van der Waals surface area contributed by atoms with Gasteiger partial charge in [-0.3, -0.25) is 9.59 Å². The lowest BCUT2D eigenvalue weighted by molar-refractivity contribution is 0.0698. The van der Waals surface area contributed by atoms with Gasteiger partial charge in [0.05, 0.1) is 11.3 Å². The van der Waals surface area contributed by atoms with Gasteiger partial charge in [0, 0.05) is 25.2 Å². The molecule has 3 rings (SSSR count). The van der Waals surface area contributed by atoms with Crippen molar-refractivity contribution in [2.75, 3.05) is 18.4 Å². The minimum atomic E-state index is -0.235. The van der Waals surface area contributed by atoms with Gasteiger partial charge in [-0.1, -0.05) is 31.2 Å². The number of piperidine rings is 1. The molecule has 26 heavy (non-hydrogen) atoms. The Morgan fingerprint density at radius 1 is 1.08 bits per heavy atom. The van der Waals surface area contributed by atoms with Gasteiger partial charge in [0.25, 0.3) is 11.8 Å². The number of rotatable bonds is 4. The maximum atomic E-state index is 12.9. The second-order valence-corrected chi connectivity index (χ2v) is 6.88. The number of para-hydroxylation sites is 1. The van der Waals surface area contributed by atoms with E-state index in [1.165, 1.54) is 0 Å². The highest BCUT2D eigenvalue weighted by atomic mass is 16.2. The van der Waals surface area contributed by atoms with E-state index in [9.17, 15) is 9.59 Å². The Bertz CT molecular complexity index is 778. The number of carbonyl (C=O) groups excluding carboxylic acids is 2. The Labute approximate surface area is 154 Å². The largest absolute Gasteiger partial charge is 0.339 e. The molecule has 136 valence electrons. The predicted molar refractivity (Wildman–Crippen MR) is 103 cm³/mol. The van der Waals surface area contributed by atoms with E-state index in [0.29, 0.717) is 29.3 Å². The van der Waals surface area contributed by atoms with Crippen molar-refractivity contribution in [3.05, 3.63) is 65.2 Å². The average Bonchev–Trinajstić information content (AvgIpc) is 2.68.